The Morgan fingerprint density at radius 3 is 2.19 bits per heavy atom. The molecule has 11 aromatic rings. The molecule has 0 radical (unpaired) electrons. The van der Waals surface area contributed by atoms with Gasteiger partial charge < -0.3 is 4.42 Å². The zero-order valence-electron chi connectivity index (χ0n) is 32.6. The Balaban J connectivity index is 1.02. The van der Waals surface area contributed by atoms with Crippen LogP contribution in [0.1, 0.15) is 37.5 Å². The topological polar surface area (TPSA) is 39.8 Å². The van der Waals surface area contributed by atoms with Crippen molar-refractivity contribution in [1.82, 2.24) is 14.1 Å². The fourth-order valence-corrected chi connectivity index (χ4v) is 8.67. The molecule has 4 heterocycles. The second-order valence-electron chi connectivity index (χ2n) is 16.3. The normalized spacial score (nSPS) is 12.1. The zero-order valence-corrected chi connectivity index (χ0v) is 32.6. The molecular weight excluding hydrogens is 709 g/mol. The molecule has 5 nitrogen and oxygen atoms in total. The van der Waals surface area contributed by atoms with Gasteiger partial charge in [-0.2, -0.15) is 0 Å². The molecule has 7 aromatic carbocycles. The summed E-state index contributed by atoms with van der Waals surface area (Å²) in [5.41, 5.74) is 14.2. The molecule has 0 aliphatic carbocycles. The van der Waals surface area contributed by atoms with Gasteiger partial charge in [0.05, 0.1) is 33.4 Å². The number of nitrogens with zero attached hydrogens (tertiary/aromatic N) is 4. The Hall–Kier alpha value is -7.24. The highest BCUT2D eigenvalue weighted by molar-refractivity contribution is 6.14. The van der Waals surface area contributed by atoms with E-state index >= 15 is 0 Å². The van der Waals surface area contributed by atoms with Crippen molar-refractivity contribution in [2.45, 2.75) is 32.6 Å². The smallest absolute Gasteiger partial charge is 0.269 e. The molecule has 278 valence electrons. The largest absolute Gasteiger partial charge is 0.451 e. The Morgan fingerprint density at radius 1 is 0.586 bits per heavy atom. The van der Waals surface area contributed by atoms with Gasteiger partial charge in [-0.1, -0.05) is 148 Å². The zero-order chi connectivity index (χ0) is 39.0. The number of hydrogen-bond donors (Lipinski definition) is 0. The van der Waals surface area contributed by atoms with Gasteiger partial charge in [-0.25, -0.2) is 4.98 Å². The van der Waals surface area contributed by atoms with Crippen molar-refractivity contribution in [3.8, 4) is 28.3 Å². The predicted octanol–water partition coefficient (Wildman–Crippen LogP) is 12.7. The van der Waals surface area contributed by atoms with E-state index < -0.39 is 0 Å². The van der Waals surface area contributed by atoms with E-state index in [4.69, 9.17) is 9.40 Å². The first-order valence-corrected chi connectivity index (χ1v) is 19.9. The van der Waals surface area contributed by atoms with Crippen molar-refractivity contribution in [1.29, 1.82) is 0 Å². The lowest BCUT2D eigenvalue weighted by atomic mass is 9.87. The fraction of sp³-hybridized carbons (Fsp3) is 0.0943. The van der Waals surface area contributed by atoms with Crippen LogP contribution in [0.25, 0.3) is 83.1 Å². The van der Waals surface area contributed by atoms with Gasteiger partial charge in [0.1, 0.15) is 5.58 Å². The van der Waals surface area contributed by atoms with Crippen LogP contribution in [0.3, 0.4) is 0 Å². The van der Waals surface area contributed by atoms with Crippen molar-refractivity contribution < 1.29 is 8.98 Å². The number of rotatable bonds is 6. The summed E-state index contributed by atoms with van der Waals surface area (Å²) in [5, 5.41) is 4.50. The highest BCUT2D eigenvalue weighted by Gasteiger charge is 2.21. The molecule has 5 heteroatoms. The molecule has 58 heavy (non-hydrogen) atoms. The van der Waals surface area contributed by atoms with Crippen LogP contribution in [0.2, 0.25) is 0 Å². The molecule has 0 saturated carbocycles. The summed E-state index contributed by atoms with van der Waals surface area (Å²) in [6.07, 6.45) is 6.38. The molecule has 0 fully saturated rings. The van der Waals surface area contributed by atoms with Crippen LogP contribution in [0.5, 0.6) is 0 Å². The van der Waals surface area contributed by atoms with Gasteiger partial charge in [0, 0.05) is 33.3 Å². The molecule has 0 unspecified atom stereocenters. The first kappa shape index (κ1) is 34.0. The van der Waals surface area contributed by atoms with Crippen LogP contribution in [0.15, 0.2) is 180 Å². The van der Waals surface area contributed by atoms with Crippen molar-refractivity contribution in [2.75, 3.05) is 0 Å². The van der Waals surface area contributed by atoms with E-state index in [0.717, 1.165) is 78.7 Å². The summed E-state index contributed by atoms with van der Waals surface area (Å²) in [6, 6.07) is 60.6. The van der Waals surface area contributed by atoms with Gasteiger partial charge in [-0.3, -0.25) is 13.7 Å². The summed E-state index contributed by atoms with van der Waals surface area (Å²) in [5.74, 6) is 0.787. The van der Waals surface area contributed by atoms with Gasteiger partial charge in [0.2, 0.25) is 0 Å². The third-order valence-electron chi connectivity index (χ3n) is 11.5. The highest BCUT2D eigenvalue weighted by Crippen LogP contribution is 2.40. The minimum Gasteiger partial charge on any atom is -0.451 e. The average molecular weight is 749 g/mol. The minimum absolute atomic E-state index is 0.0461. The van der Waals surface area contributed by atoms with Crippen LogP contribution in [0, 0.1) is 6.33 Å². The molecule has 11 rings (SSSR count). The molecule has 0 saturated heterocycles. The predicted molar refractivity (Wildman–Crippen MR) is 236 cm³/mol. The molecule has 4 aromatic heterocycles. The molecular formula is C53H40N4O. The quantitative estimate of drug-likeness (QED) is 0.125. The number of furan rings is 1. The molecule has 0 N–H and O–H groups in total. The van der Waals surface area contributed by atoms with E-state index in [-0.39, 0.29) is 5.41 Å². The first-order valence-electron chi connectivity index (χ1n) is 19.9. The summed E-state index contributed by atoms with van der Waals surface area (Å²) in [7, 11) is 0. The second kappa shape index (κ2) is 13.2. The maximum Gasteiger partial charge on any atom is 0.269 e. The molecule has 0 spiro atoms. The lowest BCUT2D eigenvalue weighted by Crippen LogP contribution is -2.30. The van der Waals surface area contributed by atoms with E-state index in [1.165, 1.54) is 27.5 Å². The lowest BCUT2D eigenvalue weighted by Gasteiger charge is -2.20. The van der Waals surface area contributed by atoms with Crippen molar-refractivity contribution >= 4 is 54.8 Å². The SMILES string of the molecule is CC(C)(C)c1cccc(-[n+]2[c-]n(-c3cccc(Cc4ccc5c6ccccc6n(-c6nccc7c6oc6c(-c8ccccc8)cccc67)c5c4)c3)c3ccccc32)c1. The Kier molecular flexibility index (Phi) is 7.73. The van der Waals surface area contributed by atoms with E-state index in [1.54, 1.807) is 0 Å². The summed E-state index contributed by atoms with van der Waals surface area (Å²) in [4.78, 5) is 5.03. The fourth-order valence-electron chi connectivity index (χ4n) is 8.67. The van der Waals surface area contributed by atoms with Crippen molar-refractivity contribution in [2.24, 2.45) is 0 Å². The highest BCUT2D eigenvalue weighted by atomic mass is 16.3. The van der Waals surface area contributed by atoms with E-state index in [0.29, 0.717) is 0 Å². The van der Waals surface area contributed by atoms with Gasteiger partial charge in [-0.05, 0) is 76.6 Å². The van der Waals surface area contributed by atoms with Crippen molar-refractivity contribution in [3.05, 3.63) is 199 Å². The summed E-state index contributed by atoms with van der Waals surface area (Å²) < 4.78 is 13.5. The van der Waals surface area contributed by atoms with Crippen molar-refractivity contribution in [3.63, 3.8) is 0 Å². The second-order valence-corrected chi connectivity index (χ2v) is 16.3. The lowest BCUT2D eigenvalue weighted by molar-refractivity contribution is -0.572. The number of hydrogen-bond acceptors (Lipinski definition) is 2. The van der Waals surface area contributed by atoms with Gasteiger partial charge in [-0.15, -0.1) is 0 Å². The average Bonchev–Trinajstić information content (AvgIpc) is 3.94. The van der Waals surface area contributed by atoms with Crippen LogP contribution >= 0.6 is 0 Å². The monoisotopic (exact) mass is 748 g/mol. The number of para-hydroxylation sites is 4. The number of imidazole rings is 1. The molecule has 0 aliphatic rings. The van der Waals surface area contributed by atoms with Gasteiger partial charge in [0.25, 0.3) is 6.33 Å². The summed E-state index contributed by atoms with van der Waals surface area (Å²) in [6.45, 7) is 6.77. The molecule has 0 bridgehead atoms. The van der Waals surface area contributed by atoms with Crippen LogP contribution < -0.4 is 4.57 Å². The van der Waals surface area contributed by atoms with E-state index in [1.807, 2.05) is 12.3 Å². The van der Waals surface area contributed by atoms with Crippen LogP contribution in [-0.4, -0.2) is 14.1 Å². The Morgan fingerprint density at radius 2 is 1.31 bits per heavy atom. The number of fused-ring (bicyclic) bond motifs is 7. The Labute approximate surface area is 336 Å². The first-order chi connectivity index (χ1) is 28.4. The minimum atomic E-state index is 0.0461. The van der Waals surface area contributed by atoms with Crippen LogP contribution in [0.4, 0.5) is 0 Å². The van der Waals surface area contributed by atoms with Gasteiger partial charge in [0.15, 0.2) is 11.4 Å². The standard InChI is InChI=1S/C53H40N4O/c1-53(2,3)38-17-12-19-40(33-38)56-34-55(47-24-9-10-25-48(47)56)39-18-11-14-35(31-39)30-36-26-27-43-42-20-7-8-23-46(42)57(49(43)32-36)52-51-45(28-29-54-52)44-22-13-21-41(50(44)58-51)37-15-5-4-6-16-37/h4-29,31-33H,30H2,1-3H3. The third kappa shape index (κ3) is 5.53. The number of aromatic nitrogens is 4. The van der Waals surface area contributed by atoms with E-state index in [2.05, 4.69) is 205 Å². The summed E-state index contributed by atoms with van der Waals surface area (Å²) >= 11 is 0. The Bertz CT molecular complexity index is 3360. The maximum atomic E-state index is 6.86. The maximum absolute atomic E-state index is 6.86. The molecule has 0 amide bonds. The molecule has 0 atom stereocenters. The number of pyridine rings is 1. The van der Waals surface area contributed by atoms with E-state index in [9.17, 15) is 0 Å². The van der Waals surface area contributed by atoms with Gasteiger partial charge >= 0.3 is 0 Å². The third-order valence-corrected chi connectivity index (χ3v) is 11.5. The molecule has 0 aliphatic heterocycles. The van der Waals surface area contributed by atoms with Crippen LogP contribution in [-0.2, 0) is 11.8 Å². The number of benzene rings is 7.